The van der Waals surface area contributed by atoms with Crippen molar-refractivity contribution in [1.82, 2.24) is 46.9 Å². The van der Waals surface area contributed by atoms with Gasteiger partial charge in [-0.1, -0.05) is 54.6 Å². The summed E-state index contributed by atoms with van der Waals surface area (Å²) in [6, 6.07) is 13.1. The lowest BCUT2D eigenvalue weighted by molar-refractivity contribution is -0.135. The molecule has 85 heavy (non-hydrogen) atoms. The lowest BCUT2D eigenvalue weighted by Gasteiger charge is -2.28. The van der Waals surface area contributed by atoms with Gasteiger partial charge in [0.1, 0.15) is 36.3 Å². The number of aliphatic imine (C=N–C) groups is 3. The Morgan fingerprint density at radius 2 is 0.694 bits per heavy atom. The van der Waals surface area contributed by atoms with Gasteiger partial charge in [0.05, 0.1) is 6.04 Å². The van der Waals surface area contributed by atoms with Gasteiger partial charge in [0.25, 0.3) is 0 Å². The molecule has 3 heterocycles. The summed E-state index contributed by atoms with van der Waals surface area (Å²) in [4.78, 5) is 122. The van der Waals surface area contributed by atoms with Crippen LogP contribution in [0.2, 0.25) is 0 Å². The molecule has 0 fully saturated rings. The van der Waals surface area contributed by atoms with E-state index in [1.54, 1.807) is 18.6 Å². The molecule has 27 N–H and O–H groups in total. The number of hydrogen-bond acceptors (Lipinski definition) is 12. The molecule has 7 amide bonds. The van der Waals surface area contributed by atoms with Gasteiger partial charge in [-0.2, -0.15) is 0 Å². The van der Waals surface area contributed by atoms with E-state index in [1.165, 1.54) is 0 Å². The number of nitrogens with one attached hydrogen (secondary N) is 9. The van der Waals surface area contributed by atoms with Crippen molar-refractivity contribution in [3.63, 3.8) is 0 Å². The van der Waals surface area contributed by atoms with Gasteiger partial charge in [-0.05, 0) is 99.2 Å². The van der Waals surface area contributed by atoms with Crippen LogP contribution in [-0.2, 0) is 52.8 Å². The molecule has 6 aromatic rings. The van der Waals surface area contributed by atoms with Crippen molar-refractivity contribution in [1.29, 1.82) is 0 Å². The van der Waals surface area contributed by atoms with Gasteiger partial charge in [0.15, 0.2) is 17.9 Å². The number of rotatable bonds is 35. The number of nitrogens with zero attached hydrogens (tertiary/aromatic N) is 3. The summed E-state index contributed by atoms with van der Waals surface area (Å²) in [6.45, 7) is 0.677. The Morgan fingerprint density at radius 3 is 1.05 bits per heavy atom. The minimum absolute atomic E-state index is 0.0340. The molecule has 0 unspecified atom stereocenters. The second kappa shape index (κ2) is 32.2. The van der Waals surface area contributed by atoms with Crippen molar-refractivity contribution < 1.29 is 33.6 Å². The zero-order valence-corrected chi connectivity index (χ0v) is 47.4. The average molecular weight is 1170 g/mol. The van der Waals surface area contributed by atoms with Gasteiger partial charge in [-0.25, -0.2) is 0 Å². The minimum atomic E-state index is -1.44. The first-order valence-corrected chi connectivity index (χ1v) is 28.2. The SMILES string of the molecule is NCCCC[C@H](NC(=O)[C@H](Cc1c[nH]c2ccccc12)NC(=O)[C@H](CCCN=C(N)N)NC(=O)[C@H](Cc1c[nH]c2ccccc12)NC(=O)[C@H](CCCN=C(N)N)NC(=O)[C@H](Cc1c[nH]c2ccccc12)NC(=O)[C@@H](N)CCCN=C(N)N)C(N)=O. The Bertz CT molecular complexity index is 3320. The van der Waals surface area contributed by atoms with E-state index < -0.39 is 83.6 Å². The van der Waals surface area contributed by atoms with Crippen LogP contribution in [0.15, 0.2) is 106 Å². The quantitative estimate of drug-likeness (QED) is 0.0118. The molecule has 456 valence electrons. The third-order valence-corrected chi connectivity index (χ3v) is 14.3. The Kier molecular flexibility index (Phi) is 24.4. The number of hydrogen-bond donors (Lipinski definition) is 18. The molecule has 0 bridgehead atoms. The number of aromatic amines is 3. The molecule has 0 aliphatic rings. The maximum Gasteiger partial charge on any atom is 0.243 e. The molecule has 28 heteroatoms. The maximum absolute atomic E-state index is 15.1. The van der Waals surface area contributed by atoms with Crippen molar-refractivity contribution in [2.45, 2.75) is 119 Å². The number of carbonyl (C=O) groups is 7. The van der Waals surface area contributed by atoms with Crippen molar-refractivity contribution in [2.24, 2.45) is 66.6 Å². The van der Waals surface area contributed by atoms with Gasteiger partial charge in [-0.3, -0.25) is 48.5 Å². The number of unbranched alkanes of at least 4 members (excludes halogenated alkanes) is 1. The normalized spacial score (nSPS) is 13.7. The van der Waals surface area contributed by atoms with Crippen LogP contribution in [0.5, 0.6) is 0 Å². The first-order valence-electron chi connectivity index (χ1n) is 28.2. The first-order chi connectivity index (χ1) is 40.8. The van der Waals surface area contributed by atoms with Gasteiger partial charge >= 0.3 is 0 Å². The molecule has 0 radical (unpaired) electrons. The van der Waals surface area contributed by atoms with E-state index in [4.69, 9.17) is 51.6 Å². The molecule has 7 atom stereocenters. The summed E-state index contributed by atoms with van der Waals surface area (Å²) in [7, 11) is 0. The van der Waals surface area contributed by atoms with Crippen LogP contribution < -0.4 is 83.5 Å². The van der Waals surface area contributed by atoms with E-state index in [-0.39, 0.29) is 95.3 Å². The molecule has 0 spiro atoms. The number of fused-ring (bicyclic) bond motifs is 3. The lowest BCUT2D eigenvalue weighted by atomic mass is 10.0. The molecule has 0 saturated heterocycles. The highest BCUT2D eigenvalue weighted by molar-refractivity contribution is 5.98. The number of para-hydroxylation sites is 3. The molecule has 28 nitrogen and oxygen atoms in total. The molecular formula is C57H81N21O7. The number of aromatic nitrogens is 3. The number of carbonyl (C=O) groups excluding carboxylic acids is 7. The van der Waals surface area contributed by atoms with Crippen LogP contribution in [0.3, 0.4) is 0 Å². The van der Waals surface area contributed by atoms with Gasteiger partial charge in [-0.15, -0.1) is 0 Å². The number of amides is 7. The van der Waals surface area contributed by atoms with Gasteiger partial charge in [0.2, 0.25) is 41.4 Å². The second-order valence-corrected chi connectivity index (χ2v) is 20.7. The number of H-pyrrole nitrogens is 3. The fourth-order valence-electron chi connectivity index (χ4n) is 9.80. The largest absolute Gasteiger partial charge is 0.370 e. The summed E-state index contributed by atoms with van der Waals surface area (Å²) in [5.41, 5.74) is 55.5. The summed E-state index contributed by atoms with van der Waals surface area (Å²) in [5, 5.41) is 19.1. The van der Waals surface area contributed by atoms with Crippen molar-refractivity contribution in [2.75, 3.05) is 26.2 Å². The molecular weight excluding hydrogens is 1090 g/mol. The van der Waals surface area contributed by atoms with E-state index >= 15 is 4.79 Å². The first kappa shape index (κ1) is 64.5. The Labute approximate surface area is 490 Å². The lowest BCUT2D eigenvalue weighted by Crippen LogP contribution is -2.60. The van der Waals surface area contributed by atoms with Crippen molar-refractivity contribution in [3.05, 3.63) is 108 Å². The smallest absolute Gasteiger partial charge is 0.243 e. The summed E-state index contributed by atoms with van der Waals surface area (Å²) >= 11 is 0. The van der Waals surface area contributed by atoms with Crippen LogP contribution in [0.1, 0.15) is 74.5 Å². The predicted octanol–water partition coefficient (Wildman–Crippen LogP) is -1.83. The minimum Gasteiger partial charge on any atom is -0.370 e. The highest BCUT2D eigenvalue weighted by Crippen LogP contribution is 2.23. The van der Waals surface area contributed by atoms with Crippen molar-refractivity contribution >= 4 is 91.9 Å². The van der Waals surface area contributed by atoms with Crippen molar-refractivity contribution in [3.8, 4) is 0 Å². The zero-order valence-electron chi connectivity index (χ0n) is 47.4. The van der Waals surface area contributed by atoms with E-state index in [0.29, 0.717) is 42.5 Å². The Hall–Kier alpha value is -9.70. The number of nitrogens with two attached hydrogens (primary N) is 9. The van der Waals surface area contributed by atoms with Gasteiger partial charge in [0, 0.05) is 90.2 Å². The van der Waals surface area contributed by atoms with Crippen LogP contribution >= 0.6 is 0 Å². The van der Waals surface area contributed by atoms with E-state index in [1.807, 2.05) is 72.8 Å². The zero-order chi connectivity index (χ0) is 61.4. The molecule has 0 aliphatic heterocycles. The number of primary amides is 1. The van der Waals surface area contributed by atoms with Crippen LogP contribution in [0, 0.1) is 0 Å². The fraction of sp³-hybridized carbons (Fsp3) is 0.404. The van der Waals surface area contributed by atoms with E-state index in [0.717, 1.165) is 32.7 Å². The highest BCUT2D eigenvalue weighted by Gasteiger charge is 2.35. The predicted molar refractivity (Wildman–Crippen MR) is 327 cm³/mol. The summed E-state index contributed by atoms with van der Waals surface area (Å²) in [6.07, 6.45) is 6.87. The summed E-state index contributed by atoms with van der Waals surface area (Å²) < 4.78 is 0. The monoisotopic (exact) mass is 1170 g/mol. The fourth-order valence-corrected chi connectivity index (χ4v) is 9.80. The van der Waals surface area contributed by atoms with Gasteiger partial charge < -0.3 is 98.5 Å². The molecule has 0 saturated carbocycles. The standard InChI is InChI=1S/C57H81N21O7/c58-22-8-7-19-42(48(60)79)73-52(83)46(27-33-30-71-40-17-5-2-13-36(33)40)77-50(81)44(21-11-25-69-57(65)66)75-54(85)47(28-34-31-72-41-18-6-3-14-37(34)41)78-51(82)43(20-10-24-68-56(63)64)74-53(84)45(26-32-29-70-39-16-4-1-12-35(32)39)76-49(80)38(59)15-9-23-67-55(61)62/h1-6,12-14,16-18,29-31,38,42-47,70-72H,7-11,15,19-28,58-59H2,(H2,60,79)(H,73,83)(H,74,84)(H,75,85)(H,76,80)(H,77,81)(H,78,82)(H4,61,62,67)(H4,63,64,68)(H4,65,66,69)/t38-,42-,43-,44-,45-,46-,47-/m0/s1. The molecule has 0 aliphatic carbocycles. The average Bonchev–Trinajstić information content (AvgIpc) is 4.41. The van der Waals surface area contributed by atoms with E-state index in [9.17, 15) is 28.8 Å². The molecule has 3 aromatic heterocycles. The topological polar surface area (TPSA) is 510 Å². The molecule has 3 aromatic carbocycles. The third-order valence-electron chi connectivity index (χ3n) is 14.3. The number of guanidine groups is 3. The number of benzene rings is 3. The highest BCUT2D eigenvalue weighted by atomic mass is 16.2. The van der Waals surface area contributed by atoms with Crippen LogP contribution in [0.25, 0.3) is 32.7 Å². The Balaban J connectivity index is 1.32. The third kappa shape index (κ3) is 19.7. The maximum atomic E-state index is 15.1. The second-order valence-electron chi connectivity index (χ2n) is 20.7. The van der Waals surface area contributed by atoms with Crippen LogP contribution in [0.4, 0.5) is 0 Å². The molecule has 6 rings (SSSR count). The van der Waals surface area contributed by atoms with Crippen LogP contribution in [-0.4, -0.2) is 143 Å². The Morgan fingerprint density at radius 1 is 0.388 bits per heavy atom. The van der Waals surface area contributed by atoms with E-state index in [2.05, 4.69) is 61.8 Å². The summed E-state index contributed by atoms with van der Waals surface area (Å²) in [5.74, 6) is -5.86.